The lowest BCUT2D eigenvalue weighted by Gasteiger charge is -2.21. The Labute approximate surface area is 199 Å². The summed E-state index contributed by atoms with van der Waals surface area (Å²) < 4.78 is 40.0. The standard InChI is InChI=1S/C26H23F3N2O4/c1-25(2,24(34)35)30-23(33)19-8-3-6-17(16-19)7-4-14-31-15-5-9-21(31)22(32)18-10-12-20(13-11-18)26(27,28)29/h3-13,15-16H,14H2,1-2H3,(H,30,33)(H,34,35)/b7-4+. The highest BCUT2D eigenvalue weighted by atomic mass is 19.4. The predicted octanol–water partition coefficient (Wildman–Crippen LogP) is 5.04. The first-order valence-electron chi connectivity index (χ1n) is 10.6. The first-order chi connectivity index (χ1) is 16.4. The largest absolute Gasteiger partial charge is 0.480 e. The summed E-state index contributed by atoms with van der Waals surface area (Å²) in [6.07, 6.45) is 0.712. The molecule has 0 fully saturated rings. The van der Waals surface area contributed by atoms with Crippen LogP contribution in [0.25, 0.3) is 6.08 Å². The van der Waals surface area contributed by atoms with Gasteiger partial charge in [0.2, 0.25) is 5.78 Å². The molecule has 182 valence electrons. The van der Waals surface area contributed by atoms with Crippen molar-refractivity contribution in [1.82, 2.24) is 9.88 Å². The Kier molecular flexibility index (Phi) is 7.28. The molecule has 0 unspecified atom stereocenters. The highest BCUT2D eigenvalue weighted by Crippen LogP contribution is 2.29. The molecule has 2 aromatic carbocycles. The molecular weight excluding hydrogens is 461 g/mol. The monoisotopic (exact) mass is 484 g/mol. The summed E-state index contributed by atoms with van der Waals surface area (Å²) >= 11 is 0. The number of carboxylic acid groups (broad SMARTS) is 1. The van der Waals surface area contributed by atoms with Gasteiger partial charge in [0.05, 0.1) is 11.3 Å². The minimum Gasteiger partial charge on any atom is -0.480 e. The van der Waals surface area contributed by atoms with Crippen LogP contribution in [0.3, 0.4) is 0 Å². The molecule has 2 N–H and O–H groups in total. The van der Waals surface area contributed by atoms with Crippen molar-refractivity contribution in [2.24, 2.45) is 0 Å². The van der Waals surface area contributed by atoms with Gasteiger partial charge in [-0.05, 0) is 55.8 Å². The van der Waals surface area contributed by atoms with Crippen molar-refractivity contribution in [1.29, 1.82) is 0 Å². The number of amides is 1. The van der Waals surface area contributed by atoms with Crippen LogP contribution in [0.4, 0.5) is 13.2 Å². The van der Waals surface area contributed by atoms with Gasteiger partial charge in [-0.2, -0.15) is 13.2 Å². The molecule has 0 radical (unpaired) electrons. The van der Waals surface area contributed by atoms with Crippen molar-refractivity contribution in [3.8, 4) is 0 Å². The van der Waals surface area contributed by atoms with E-state index in [1.165, 1.54) is 13.8 Å². The number of aromatic nitrogens is 1. The second-order valence-corrected chi connectivity index (χ2v) is 8.36. The van der Waals surface area contributed by atoms with Crippen molar-refractivity contribution >= 4 is 23.7 Å². The van der Waals surface area contributed by atoms with Gasteiger partial charge in [0, 0.05) is 23.9 Å². The lowest BCUT2D eigenvalue weighted by molar-refractivity contribution is -0.143. The van der Waals surface area contributed by atoms with E-state index < -0.39 is 34.9 Å². The van der Waals surface area contributed by atoms with Gasteiger partial charge in [0.15, 0.2) is 0 Å². The van der Waals surface area contributed by atoms with Crippen molar-refractivity contribution in [2.75, 3.05) is 0 Å². The topological polar surface area (TPSA) is 88.4 Å². The van der Waals surface area contributed by atoms with E-state index in [4.69, 9.17) is 0 Å². The summed E-state index contributed by atoms with van der Waals surface area (Å²) in [6.45, 7) is 3.08. The summed E-state index contributed by atoms with van der Waals surface area (Å²) in [4.78, 5) is 36.4. The summed E-state index contributed by atoms with van der Waals surface area (Å²) in [5, 5.41) is 11.6. The molecule has 0 aliphatic rings. The highest BCUT2D eigenvalue weighted by Gasteiger charge is 2.30. The quantitative estimate of drug-likeness (QED) is 0.439. The second kappa shape index (κ2) is 10.0. The third-order valence-electron chi connectivity index (χ3n) is 5.26. The van der Waals surface area contributed by atoms with Crippen LogP contribution in [-0.2, 0) is 17.5 Å². The van der Waals surface area contributed by atoms with Crippen LogP contribution in [0.1, 0.15) is 51.4 Å². The molecule has 0 atom stereocenters. The fourth-order valence-electron chi connectivity index (χ4n) is 3.23. The molecule has 0 aliphatic carbocycles. The fraction of sp³-hybridized carbons (Fsp3) is 0.192. The number of hydrogen-bond donors (Lipinski definition) is 2. The smallest absolute Gasteiger partial charge is 0.416 e. The number of alkyl halides is 3. The minimum atomic E-state index is -4.48. The SMILES string of the molecule is CC(C)(NC(=O)c1cccc(/C=C/Cn2cccc2C(=O)c2ccc(C(F)(F)F)cc2)c1)C(=O)O. The summed E-state index contributed by atoms with van der Waals surface area (Å²) in [5.74, 6) is -2.09. The van der Waals surface area contributed by atoms with Crippen LogP contribution in [0.2, 0.25) is 0 Å². The normalized spacial score (nSPS) is 12.0. The molecular formula is C26H23F3N2O4. The van der Waals surface area contributed by atoms with Crippen LogP contribution in [0, 0.1) is 0 Å². The molecule has 3 aromatic rings. The number of ketones is 1. The maximum Gasteiger partial charge on any atom is 0.416 e. The summed E-state index contributed by atoms with van der Waals surface area (Å²) in [7, 11) is 0. The molecule has 0 saturated heterocycles. The Morgan fingerprint density at radius 1 is 0.971 bits per heavy atom. The maximum atomic E-state index is 12.8. The Hall–Kier alpha value is -4.14. The number of halogens is 3. The van der Waals surface area contributed by atoms with Gasteiger partial charge < -0.3 is 15.0 Å². The van der Waals surface area contributed by atoms with Crippen LogP contribution in [0.5, 0.6) is 0 Å². The number of carboxylic acids is 1. The zero-order valence-corrected chi connectivity index (χ0v) is 19.0. The molecule has 1 aromatic heterocycles. The lowest BCUT2D eigenvalue weighted by Crippen LogP contribution is -2.49. The first-order valence-corrected chi connectivity index (χ1v) is 10.6. The zero-order valence-electron chi connectivity index (χ0n) is 19.0. The van der Waals surface area contributed by atoms with Gasteiger partial charge >= 0.3 is 12.1 Å². The van der Waals surface area contributed by atoms with Gasteiger partial charge in [-0.3, -0.25) is 9.59 Å². The number of nitrogens with zero attached hydrogens (tertiary/aromatic N) is 1. The molecule has 1 amide bonds. The minimum absolute atomic E-state index is 0.143. The third kappa shape index (κ3) is 6.26. The highest BCUT2D eigenvalue weighted by molar-refractivity contribution is 6.08. The van der Waals surface area contributed by atoms with Gasteiger partial charge in [-0.25, -0.2) is 4.79 Å². The van der Waals surface area contributed by atoms with Gasteiger partial charge in [0.25, 0.3) is 5.91 Å². The van der Waals surface area contributed by atoms with Crippen molar-refractivity contribution in [3.63, 3.8) is 0 Å². The number of carbonyl (C=O) groups is 3. The van der Waals surface area contributed by atoms with Crippen LogP contribution in [-0.4, -0.2) is 32.9 Å². The molecule has 0 aliphatic heterocycles. The number of hydrogen-bond acceptors (Lipinski definition) is 3. The molecule has 35 heavy (non-hydrogen) atoms. The number of carbonyl (C=O) groups excluding carboxylic acids is 2. The number of nitrogens with one attached hydrogen (secondary N) is 1. The van der Waals surface area contributed by atoms with E-state index in [0.717, 1.165) is 24.3 Å². The van der Waals surface area contributed by atoms with Crippen LogP contribution < -0.4 is 5.32 Å². The van der Waals surface area contributed by atoms with E-state index in [0.29, 0.717) is 23.4 Å². The third-order valence-corrected chi connectivity index (χ3v) is 5.26. The molecule has 0 saturated carbocycles. The van der Waals surface area contributed by atoms with E-state index in [1.54, 1.807) is 59.3 Å². The first kappa shape index (κ1) is 25.5. The van der Waals surface area contributed by atoms with Crippen molar-refractivity contribution < 1.29 is 32.7 Å². The van der Waals surface area contributed by atoms with Gasteiger partial charge in [-0.1, -0.05) is 36.4 Å². The summed E-state index contributed by atoms with van der Waals surface area (Å²) in [5.41, 5.74) is -0.805. The number of allylic oxidation sites excluding steroid dienone is 1. The van der Waals surface area contributed by atoms with Gasteiger partial charge in [-0.15, -0.1) is 0 Å². The van der Waals surface area contributed by atoms with Crippen LogP contribution in [0.15, 0.2) is 72.9 Å². The molecule has 0 spiro atoms. The molecule has 1 heterocycles. The van der Waals surface area contributed by atoms with Crippen LogP contribution >= 0.6 is 0 Å². The second-order valence-electron chi connectivity index (χ2n) is 8.36. The van der Waals surface area contributed by atoms with E-state index in [1.807, 2.05) is 0 Å². The molecule has 6 nitrogen and oxygen atoms in total. The lowest BCUT2D eigenvalue weighted by atomic mass is 10.0. The zero-order chi connectivity index (χ0) is 25.8. The van der Waals surface area contributed by atoms with Crippen molar-refractivity contribution in [2.45, 2.75) is 32.1 Å². The van der Waals surface area contributed by atoms with E-state index in [-0.39, 0.29) is 5.56 Å². The fourth-order valence-corrected chi connectivity index (χ4v) is 3.23. The Morgan fingerprint density at radius 3 is 2.29 bits per heavy atom. The van der Waals surface area contributed by atoms with E-state index in [9.17, 15) is 32.7 Å². The number of rotatable bonds is 8. The van der Waals surface area contributed by atoms with Crippen molar-refractivity contribution in [3.05, 3.63) is 101 Å². The average Bonchev–Trinajstić information content (AvgIpc) is 3.26. The molecule has 0 bridgehead atoms. The Bertz CT molecular complexity index is 1270. The average molecular weight is 484 g/mol. The van der Waals surface area contributed by atoms with E-state index in [2.05, 4.69) is 5.32 Å². The van der Waals surface area contributed by atoms with E-state index >= 15 is 0 Å². The maximum absolute atomic E-state index is 12.8. The molecule has 9 heteroatoms. The molecule has 3 rings (SSSR count). The van der Waals surface area contributed by atoms with Gasteiger partial charge in [0.1, 0.15) is 5.54 Å². The Balaban J connectivity index is 1.70. The number of aliphatic carboxylic acids is 1. The predicted molar refractivity (Wildman–Crippen MR) is 124 cm³/mol. The Morgan fingerprint density at radius 2 is 1.66 bits per heavy atom. The number of benzene rings is 2. The summed E-state index contributed by atoms with van der Waals surface area (Å²) in [6, 6.07) is 13.9.